The minimum absolute atomic E-state index is 0.0938. The van der Waals surface area contributed by atoms with Crippen molar-refractivity contribution in [3.8, 4) is 11.6 Å². The van der Waals surface area contributed by atoms with E-state index in [9.17, 15) is 0 Å². The molecule has 0 amide bonds. The van der Waals surface area contributed by atoms with Gasteiger partial charge in [-0.3, -0.25) is 4.68 Å². The highest BCUT2D eigenvalue weighted by Crippen LogP contribution is 2.21. The number of aliphatic hydroxyl groups is 1. The molecule has 0 atom stereocenters. The normalized spacial score (nSPS) is 10.3. The third-order valence-corrected chi connectivity index (χ3v) is 1.92. The molecule has 1 N–H and O–H groups in total. The fourth-order valence-electron chi connectivity index (χ4n) is 1.20. The second-order valence-electron chi connectivity index (χ2n) is 3.08. The van der Waals surface area contributed by atoms with Gasteiger partial charge in [-0.05, 0) is 12.1 Å². The molecule has 0 bridgehead atoms. The predicted molar refractivity (Wildman–Crippen MR) is 53.4 cm³/mol. The zero-order chi connectivity index (χ0) is 10.7. The minimum Gasteiger partial charge on any atom is -0.435 e. The topological polar surface area (TPSA) is 60.2 Å². The fraction of sp³-hybridized carbons (Fsp3) is 0.200. The first-order valence-electron chi connectivity index (χ1n) is 4.51. The van der Waals surface area contributed by atoms with E-state index in [0.29, 0.717) is 17.2 Å². The Morgan fingerprint density at radius 3 is 3.07 bits per heavy atom. The SMILES string of the molecule is Cn1cc(Oc2ncccc2CO)cn1. The second-order valence-corrected chi connectivity index (χ2v) is 3.08. The number of ether oxygens (including phenoxy) is 1. The van der Waals surface area contributed by atoms with Gasteiger partial charge in [0.1, 0.15) is 0 Å². The van der Waals surface area contributed by atoms with Crippen LogP contribution >= 0.6 is 0 Å². The Labute approximate surface area is 87.0 Å². The van der Waals surface area contributed by atoms with E-state index in [-0.39, 0.29) is 6.61 Å². The number of aliphatic hydroxyl groups excluding tert-OH is 1. The molecule has 5 nitrogen and oxygen atoms in total. The van der Waals surface area contributed by atoms with Gasteiger partial charge in [0.25, 0.3) is 0 Å². The van der Waals surface area contributed by atoms with E-state index in [0.717, 1.165) is 0 Å². The fourth-order valence-corrected chi connectivity index (χ4v) is 1.20. The molecule has 0 unspecified atom stereocenters. The van der Waals surface area contributed by atoms with Crippen LogP contribution in [0.1, 0.15) is 5.56 Å². The molecule has 78 valence electrons. The van der Waals surface area contributed by atoms with E-state index in [1.807, 2.05) is 0 Å². The van der Waals surface area contributed by atoms with Crippen molar-refractivity contribution in [2.24, 2.45) is 7.05 Å². The Hall–Kier alpha value is -1.88. The molecule has 0 aliphatic carbocycles. The van der Waals surface area contributed by atoms with Crippen molar-refractivity contribution < 1.29 is 9.84 Å². The van der Waals surface area contributed by atoms with Gasteiger partial charge in [0.15, 0.2) is 5.75 Å². The zero-order valence-corrected chi connectivity index (χ0v) is 8.29. The quantitative estimate of drug-likeness (QED) is 0.815. The Morgan fingerprint density at radius 1 is 1.53 bits per heavy atom. The van der Waals surface area contributed by atoms with Gasteiger partial charge in [0, 0.05) is 18.8 Å². The monoisotopic (exact) mass is 205 g/mol. The van der Waals surface area contributed by atoms with Crippen LogP contribution in [-0.2, 0) is 13.7 Å². The van der Waals surface area contributed by atoms with E-state index in [1.54, 1.807) is 42.5 Å². The molecular weight excluding hydrogens is 194 g/mol. The molecule has 2 aromatic rings. The maximum Gasteiger partial charge on any atom is 0.224 e. The number of aromatic nitrogens is 3. The summed E-state index contributed by atoms with van der Waals surface area (Å²) in [7, 11) is 1.80. The van der Waals surface area contributed by atoms with Gasteiger partial charge < -0.3 is 9.84 Å². The molecule has 0 fully saturated rings. The first-order valence-corrected chi connectivity index (χ1v) is 4.51. The summed E-state index contributed by atoms with van der Waals surface area (Å²) in [6.45, 7) is -0.0938. The molecule has 0 radical (unpaired) electrons. The van der Waals surface area contributed by atoms with Crippen LogP contribution in [0.2, 0.25) is 0 Å². The summed E-state index contributed by atoms with van der Waals surface area (Å²) >= 11 is 0. The summed E-state index contributed by atoms with van der Waals surface area (Å²) in [6.07, 6.45) is 4.94. The van der Waals surface area contributed by atoms with Crippen LogP contribution in [-0.4, -0.2) is 19.9 Å². The standard InChI is InChI=1S/C10H11N3O2/c1-13-6-9(5-12-13)15-10-8(7-14)3-2-4-11-10/h2-6,14H,7H2,1H3. The molecule has 0 aliphatic rings. The van der Waals surface area contributed by atoms with Gasteiger partial charge in [-0.25, -0.2) is 4.98 Å². The van der Waals surface area contributed by atoms with E-state index in [2.05, 4.69) is 10.1 Å². The molecular formula is C10H11N3O2. The molecule has 0 saturated carbocycles. The van der Waals surface area contributed by atoms with Gasteiger partial charge >= 0.3 is 0 Å². The van der Waals surface area contributed by atoms with Crippen molar-refractivity contribution in [1.82, 2.24) is 14.8 Å². The smallest absolute Gasteiger partial charge is 0.224 e. The van der Waals surface area contributed by atoms with Crippen LogP contribution < -0.4 is 4.74 Å². The van der Waals surface area contributed by atoms with E-state index in [1.165, 1.54) is 0 Å². The van der Waals surface area contributed by atoms with Crippen molar-refractivity contribution in [3.05, 3.63) is 36.3 Å². The minimum atomic E-state index is -0.0938. The van der Waals surface area contributed by atoms with Crippen LogP contribution in [0, 0.1) is 0 Å². The third kappa shape index (κ3) is 2.13. The first kappa shape index (κ1) is 9.67. The first-order chi connectivity index (χ1) is 7.29. The number of hydrogen-bond donors (Lipinski definition) is 1. The van der Waals surface area contributed by atoms with Crippen molar-refractivity contribution in [2.45, 2.75) is 6.61 Å². The van der Waals surface area contributed by atoms with Gasteiger partial charge in [-0.1, -0.05) is 0 Å². The predicted octanol–water partition coefficient (Wildman–Crippen LogP) is 1.10. The number of aryl methyl sites for hydroxylation is 1. The zero-order valence-electron chi connectivity index (χ0n) is 8.29. The third-order valence-electron chi connectivity index (χ3n) is 1.92. The highest BCUT2D eigenvalue weighted by atomic mass is 16.5. The molecule has 2 aromatic heterocycles. The molecule has 0 saturated heterocycles. The molecule has 2 rings (SSSR count). The van der Waals surface area contributed by atoms with E-state index < -0.39 is 0 Å². The lowest BCUT2D eigenvalue weighted by molar-refractivity contribution is 0.275. The number of nitrogens with zero attached hydrogens (tertiary/aromatic N) is 3. The summed E-state index contributed by atoms with van der Waals surface area (Å²) in [5.41, 5.74) is 0.654. The van der Waals surface area contributed by atoms with Crippen LogP contribution in [0.25, 0.3) is 0 Å². The average Bonchev–Trinajstić information content (AvgIpc) is 2.65. The van der Waals surface area contributed by atoms with Crippen molar-refractivity contribution in [3.63, 3.8) is 0 Å². The van der Waals surface area contributed by atoms with Crippen molar-refractivity contribution in [1.29, 1.82) is 0 Å². The van der Waals surface area contributed by atoms with Gasteiger partial charge in [-0.15, -0.1) is 0 Å². The second kappa shape index (κ2) is 4.10. The number of hydrogen-bond acceptors (Lipinski definition) is 4. The highest BCUT2D eigenvalue weighted by Gasteiger charge is 2.05. The average molecular weight is 205 g/mol. The van der Waals surface area contributed by atoms with Crippen molar-refractivity contribution in [2.75, 3.05) is 0 Å². The summed E-state index contributed by atoms with van der Waals surface area (Å²) < 4.78 is 7.10. The van der Waals surface area contributed by atoms with E-state index in [4.69, 9.17) is 9.84 Å². The number of rotatable bonds is 3. The molecule has 0 aliphatic heterocycles. The summed E-state index contributed by atoms with van der Waals surface area (Å²) in [6, 6.07) is 3.51. The highest BCUT2D eigenvalue weighted by molar-refractivity contribution is 5.29. The summed E-state index contributed by atoms with van der Waals surface area (Å²) in [5, 5.41) is 13.0. The van der Waals surface area contributed by atoms with Crippen molar-refractivity contribution >= 4 is 0 Å². The molecule has 15 heavy (non-hydrogen) atoms. The largest absolute Gasteiger partial charge is 0.435 e. The summed E-state index contributed by atoms with van der Waals surface area (Å²) in [4.78, 5) is 4.03. The molecule has 2 heterocycles. The van der Waals surface area contributed by atoms with Crippen LogP contribution in [0.5, 0.6) is 11.6 Å². The molecule has 0 aromatic carbocycles. The Balaban J connectivity index is 2.23. The van der Waals surface area contributed by atoms with Gasteiger partial charge in [0.2, 0.25) is 5.88 Å². The van der Waals surface area contributed by atoms with Gasteiger partial charge in [-0.2, -0.15) is 5.10 Å². The molecule has 5 heteroatoms. The lowest BCUT2D eigenvalue weighted by atomic mass is 10.3. The molecule has 0 spiro atoms. The lowest BCUT2D eigenvalue weighted by Gasteiger charge is -2.05. The number of pyridine rings is 1. The Morgan fingerprint density at radius 2 is 2.40 bits per heavy atom. The van der Waals surface area contributed by atoms with E-state index >= 15 is 0 Å². The summed E-state index contributed by atoms with van der Waals surface area (Å²) in [5.74, 6) is 1.01. The van der Waals surface area contributed by atoms with Gasteiger partial charge in [0.05, 0.1) is 19.0 Å². The maximum absolute atomic E-state index is 9.06. The Kier molecular flexibility index (Phi) is 2.64. The van der Waals surface area contributed by atoms with Crippen LogP contribution in [0.15, 0.2) is 30.7 Å². The Bertz CT molecular complexity index is 453. The van der Waals surface area contributed by atoms with Crippen LogP contribution in [0.4, 0.5) is 0 Å². The maximum atomic E-state index is 9.06. The van der Waals surface area contributed by atoms with Crippen LogP contribution in [0.3, 0.4) is 0 Å². The lowest BCUT2D eigenvalue weighted by Crippen LogP contribution is -1.93.